The third-order valence-electron chi connectivity index (χ3n) is 3.51. The molecule has 110 valence electrons. The Morgan fingerprint density at radius 1 is 1.20 bits per heavy atom. The minimum absolute atomic E-state index is 0.798. The predicted octanol–water partition coefficient (Wildman–Crippen LogP) is 3.12. The summed E-state index contributed by atoms with van der Waals surface area (Å²) in [7, 11) is 3.86. The summed E-state index contributed by atoms with van der Waals surface area (Å²) >= 11 is 5.62. The van der Waals surface area contributed by atoms with E-state index in [1.54, 1.807) is 7.11 Å². The first-order chi connectivity index (χ1) is 9.69. The molecule has 20 heavy (non-hydrogen) atoms. The lowest BCUT2D eigenvalue weighted by molar-refractivity contribution is 0.171. The molecule has 0 saturated carbocycles. The molecule has 0 radical (unpaired) electrons. The second-order valence-electron chi connectivity index (χ2n) is 5.01. The highest BCUT2D eigenvalue weighted by Gasteiger charge is 2.10. The molecule has 4 nitrogen and oxygen atoms in total. The van der Waals surface area contributed by atoms with Crippen molar-refractivity contribution in [3.05, 3.63) is 29.0 Å². The lowest BCUT2D eigenvalue weighted by Crippen LogP contribution is -2.24. The van der Waals surface area contributed by atoms with Crippen LogP contribution in [0.25, 0.3) is 11.0 Å². The molecule has 1 aromatic carbocycles. The Hall–Kier alpha value is -1.17. The van der Waals surface area contributed by atoms with Crippen molar-refractivity contribution in [2.24, 2.45) is 0 Å². The highest BCUT2D eigenvalue weighted by atomic mass is 32.1. The molecule has 0 aliphatic heterocycles. The third kappa shape index (κ3) is 3.11. The fourth-order valence-electron chi connectivity index (χ4n) is 2.51. The summed E-state index contributed by atoms with van der Waals surface area (Å²) in [6, 6.07) is 8.41. The van der Waals surface area contributed by atoms with Crippen molar-refractivity contribution >= 4 is 23.3 Å². The molecule has 0 fully saturated rings. The molecule has 0 saturated heterocycles. The Morgan fingerprint density at radius 2 is 1.85 bits per heavy atom. The van der Waals surface area contributed by atoms with Crippen LogP contribution in [0.2, 0.25) is 0 Å². The van der Waals surface area contributed by atoms with E-state index in [0.29, 0.717) is 0 Å². The fourth-order valence-corrected chi connectivity index (χ4v) is 2.89. The molecule has 0 aliphatic carbocycles. The number of para-hydroxylation sites is 2. The standard InChI is InChI=1S/C15H23N3OS/c1-4-17-13-8-5-6-9-14(13)18(15(17)20)12-16(2)10-7-11-19-3/h5-6,8-9H,4,7,10-12H2,1-3H3. The topological polar surface area (TPSA) is 22.3 Å². The maximum atomic E-state index is 5.62. The molecular weight excluding hydrogens is 270 g/mol. The normalized spacial score (nSPS) is 11.6. The molecule has 0 N–H and O–H groups in total. The van der Waals surface area contributed by atoms with Gasteiger partial charge in [0.15, 0.2) is 4.77 Å². The van der Waals surface area contributed by atoms with Gasteiger partial charge in [-0.25, -0.2) is 0 Å². The van der Waals surface area contributed by atoms with E-state index in [4.69, 9.17) is 17.0 Å². The van der Waals surface area contributed by atoms with Crippen molar-refractivity contribution in [1.82, 2.24) is 14.0 Å². The van der Waals surface area contributed by atoms with Crippen LogP contribution in [0.4, 0.5) is 0 Å². The average Bonchev–Trinajstić information content (AvgIpc) is 2.72. The van der Waals surface area contributed by atoms with Crippen molar-refractivity contribution in [2.45, 2.75) is 26.6 Å². The molecule has 0 amide bonds. The third-order valence-corrected chi connectivity index (χ3v) is 3.95. The van der Waals surface area contributed by atoms with Crippen LogP contribution in [-0.4, -0.2) is 41.3 Å². The number of hydrogen-bond donors (Lipinski definition) is 0. The van der Waals surface area contributed by atoms with Gasteiger partial charge in [0.05, 0.1) is 17.7 Å². The van der Waals surface area contributed by atoms with E-state index >= 15 is 0 Å². The zero-order valence-electron chi connectivity index (χ0n) is 12.5. The van der Waals surface area contributed by atoms with Crippen LogP contribution in [0.1, 0.15) is 13.3 Å². The molecule has 0 unspecified atom stereocenters. The molecule has 0 aliphatic rings. The number of aromatic nitrogens is 2. The monoisotopic (exact) mass is 293 g/mol. The molecule has 0 atom stereocenters. The Labute approximate surface area is 125 Å². The highest BCUT2D eigenvalue weighted by molar-refractivity contribution is 7.71. The minimum Gasteiger partial charge on any atom is -0.385 e. The number of benzene rings is 1. The second-order valence-corrected chi connectivity index (χ2v) is 5.38. The number of nitrogens with zero attached hydrogens (tertiary/aromatic N) is 3. The van der Waals surface area contributed by atoms with Gasteiger partial charge in [-0.1, -0.05) is 12.1 Å². The van der Waals surface area contributed by atoms with Gasteiger partial charge in [-0.2, -0.15) is 0 Å². The molecule has 0 bridgehead atoms. The van der Waals surface area contributed by atoms with Gasteiger partial charge in [0.2, 0.25) is 0 Å². The maximum Gasteiger partial charge on any atom is 0.181 e. The lowest BCUT2D eigenvalue weighted by Gasteiger charge is -2.17. The highest BCUT2D eigenvalue weighted by Crippen LogP contribution is 2.18. The predicted molar refractivity (Wildman–Crippen MR) is 85.6 cm³/mol. The van der Waals surface area contributed by atoms with E-state index in [1.165, 1.54) is 11.0 Å². The van der Waals surface area contributed by atoms with Crippen molar-refractivity contribution in [1.29, 1.82) is 0 Å². The number of rotatable bonds is 7. The van der Waals surface area contributed by atoms with Crippen molar-refractivity contribution in [3.63, 3.8) is 0 Å². The Kier molecular flexibility index (Phi) is 5.34. The zero-order valence-corrected chi connectivity index (χ0v) is 13.3. The van der Waals surface area contributed by atoms with Gasteiger partial charge in [0.1, 0.15) is 0 Å². The van der Waals surface area contributed by atoms with E-state index in [-0.39, 0.29) is 0 Å². The van der Waals surface area contributed by atoms with Crippen LogP contribution in [0.3, 0.4) is 0 Å². The number of imidazole rings is 1. The zero-order chi connectivity index (χ0) is 14.5. The summed E-state index contributed by atoms with van der Waals surface area (Å²) in [5.41, 5.74) is 2.42. The summed E-state index contributed by atoms with van der Waals surface area (Å²) in [5.74, 6) is 0. The summed E-state index contributed by atoms with van der Waals surface area (Å²) in [4.78, 5) is 2.28. The Morgan fingerprint density at radius 3 is 2.45 bits per heavy atom. The van der Waals surface area contributed by atoms with Crippen LogP contribution in [-0.2, 0) is 18.0 Å². The van der Waals surface area contributed by atoms with E-state index in [9.17, 15) is 0 Å². The molecule has 0 spiro atoms. The van der Waals surface area contributed by atoms with Gasteiger partial charge in [-0.05, 0) is 44.7 Å². The van der Waals surface area contributed by atoms with Gasteiger partial charge >= 0.3 is 0 Å². The average molecular weight is 293 g/mol. The van der Waals surface area contributed by atoms with Gasteiger partial charge in [-0.15, -0.1) is 0 Å². The first-order valence-electron chi connectivity index (χ1n) is 7.04. The molecular formula is C15H23N3OS. The summed E-state index contributed by atoms with van der Waals surface area (Å²) in [6.07, 6.45) is 1.03. The van der Waals surface area contributed by atoms with Gasteiger partial charge in [0, 0.05) is 26.8 Å². The summed E-state index contributed by atoms with van der Waals surface area (Å²) in [6.45, 7) is 5.65. The molecule has 2 rings (SSSR count). The molecule has 1 aromatic heterocycles. The fraction of sp³-hybridized carbons (Fsp3) is 0.533. The molecule has 2 aromatic rings. The lowest BCUT2D eigenvalue weighted by atomic mass is 10.3. The molecule has 1 heterocycles. The number of methoxy groups -OCH3 is 1. The van der Waals surface area contributed by atoms with E-state index in [0.717, 1.165) is 37.6 Å². The van der Waals surface area contributed by atoms with Crippen LogP contribution in [0.5, 0.6) is 0 Å². The number of fused-ring (bicyclic) bond motifs is 1. The Bertz CT molecular complexity index is 617. The van der Waals surface area contributed by atoms with Gasteiger partial charge in [-0.3, -0.25) is 4.90 Å². The van der Waals surface area contributed by atoms with Crippen molar-refractivity contribution in [3.8, 4) is 0 Å². The Balaban J connectivity index is 2.25. The summed E-state index contributed by atoms with van der Waals surface area (Å²) < 4.78 is 10.4. The van der Waals surface area contributed by atoms with Crippen LogP contribution < -0.4 is 0 Å². The van der Waals surface area contributed by atoms with Crippen LogP contribution in [0, 0.1) is 4.77 Å². The SMILES string of the molecule is CCn1c(=S)n(CN(C)CCCOC)c2ccccc21. The van der Waals surface area contributed by atoms with E-state index in [2.05, 4.69) is 52.3 Å². The minimum atomic E-state index is 0.798. The quantitative estimate of drug-likeness (QED) is 0.578. The van der Waals surface area contributed by atoms with Gasteiger partial charge < -0.3 is 13.9 Å². The smallest absolute Gasteiger partial charge is 0.181 e. The maximum absolute atomic E-state index is 5.62. The van der Waals surface area contributed by atoms with Crippen molar-refractivity contribution < 1.29 is 4.74 Å². The summed E-state index contributed by atoms with van der Waals surface area (Å²) in [5, 5.41) is 0. The molecule has 5 heteroatoms. The van der Waals surface area contributed by atoms with E-state index < -0.39 is 0 Å². The number of aryl methyl sites for hydroxylation is 1. The van der Waals surface area contributed by atoms with Gasteiger partial charge in [0.25, 0.3) is 0 Å². The van der Waals surface area contributed by atoms with E-state index in [1.807, 2.05) is 0 Å². The second kappa shape index (κ2) is 7.02. The number of hydrogen-bond acceptors (Lipinski definition) is 3. The largest absolute Gasteiger partial charge is 0.385 e. The van der Waals surface area contributed by atoms with Crippen molar-refractivity contribution in [2.75, 3.05) is 27.3 Å². The first kappa shape index (κ1) is 15.2. The van der Waals surface area contributed by atoms with Crippen LogP contribution >= 0.6 is 12.2 Å². The first-order valence-corrected chi connectivity index (χ1v) is 7.45. The van der Waals surface area contributed by atoms with Crippen LogP contribution in [0.15, 0.2) is 24.3 Å². The number of ether oxygens (including phenoxy) is 1.